The number of aliphatic imine (C=N–C) groups is 1. The number of likely N-dealkylation sites (tertiary alicyclic amines) is 1. The quantitative estimate of drug-likeness (QED) is 0.385. The highest BCUT2D eigenvalue weighted by Gasteiger charge is 2.25. The second kappa shape index (κ2) is 11.0. The second-order valence-electron chi connectivity index (χ2n) is 7.10. The van der Waals surface area contributed by atoms with E-state index in [1.807, 2.05) is 13.2 Å². The van der Waals surface area contributed by atoms with Crippen LogP contribution in [0.2, 0.25) is 0 Å². The number of nitrogens with one attached hydrogen (secondary N) is 1. The van der Waals surface area contributed by atoms with E-state index in [1.54, 1.807) is 0 Å². The minimum atomic E-state index is 0. The molecule has 1 aromatic heterocycles. The molecule has 6 nitrogen and oxygen atoms in total. The first kappa shape index (κ1) is 22.2. The van der Waals surface area contributed by atoms with Gasteiger partial charge in [-0.05, 0) is 31.8 Å². The van der Waals surface area contributed by atoms with E-state index in [1.165, 1.54) is 19.4 Å². The smallest absolute Gasteiger partial charge is 0.193 e. The summed E-state index contributed by atoms with van der Waals surface area (Å²) < 4.78 is 2.22. The van der Waals surface area contributed by atoms with Crippen molar-refractivity contribution in [2.75, 3.05) is 33.7 Å². The van der Waals surface area contributed by atoms with Crippen molar-refractivity contribution in [1.29, 1.82) is 0 Å². The highest BCUT2D eigenvalue weighted by atomic mass is 127. The summed E-state index contributed by atoms with van der Waals surface area (Å²) in [4.78, 5) is 13.7. The molecule has 0 aromatic carbocycles. The molecule has 0 amide bonds. The zero-order chi connectivity index (χ0) is 17.5. The van der Waals surface area contributed by atoms with Gasteiger partial charge in [0.2, 0.25) is 0 Å². The number of aromatic nitrogens is 2. The Kier molecular flexibility index (Phi) is 9.78. The molecule has 1 aliphatic rings. The molecular formula is C18H35IN6. The third-order valence-electron chi connectivity index (χ3n) is 4.73. The van der Waals surface area contributed by atoms with Gasteiger partial charge >= 0.3 is 0 Å². The van der Waals surface area contributed by atoms with E-state index >= 15 is 0 Å². The topological polar surface area (TPSA) is 48.7 Å². The molecule has 2 heterocycles. The standard InChI is InChI=1S/C18H34N6.HI/c1-6-23-10-7-8-16(23)14-22(5)18(19-4)21-12-17-20-9-11-24(17)13-15(2)3;/h9,11,15-16H,6-8,10,12-14H2,1-5H3,(H,19,21);1H. The number of halogens is 1. The minimum Gasteiger partial charge on any atom is -0.349 e. The van der Waals surface area contributed by atoms with Crippen molar-refractivity contribution in [3.05, 3.63) is 18.2 Å². The minimum absolute atomic E-state index is 0. The van der Waals surface area contributed by atoms with Crippen LogP contribution >= 0.6 is 24.0 Å². The van der Waals surface area contributed by atoms with E-state index in [9.17, 15) is 0 Å². The van der Waals surface area contributed by atoms with Crippen molar-refractivity contribution in [3.63, 3.8) is 0 Å². The Morgan fingerprint density at radius 3 is 2.88 bits per heavy atom. The Labute approximate surface area is 170 Å². The average molecular weight is 462 g/mol. The maximum Gasteiger partial charge on any atom is 0.193 e. The first-order valence-electron chi connectivity index (χ1n) is 9.21. The van der Waals surface area contributed by atoms with Gasteiger partial charge in [0.1, 0.15) is 5.82 Å². The number of hydrogen-bond donors (Lipinski definition) is 1. The molecule has 1 aromatic rings. The van der Waals surface area contributed by atoms with E-state index in [-0.39, 0.29) is 24.0 Å². The van der Waals surface area contributed by atoms with Crippen LogP contribution in [0.1, 0.15) is 39.4 Å². The van der Waals surface area contributed by atoms with Crippen LogP contribution in [0.4, 0.5) is 0 Å². The molecular weight excluding hydrogens is 427 g/mol. The molecule has 25 heavy (non-hydrogen) atoms. The molecule has 144 valence electrons. The number of likely N-dealkylation sites (N-methyl/N-ethyl adjacent to an activating group) is 2. The maximum atomic E-state index is 4.48. The predicted octanol–water partition coefficient (Wildman–Crippen LogP) is 2.65. The Morgan fingerprint density at radius 1 is 1.48 bits per heavy atom. The van der Waals surface area contributed by atoms with Gasteiger partial charge < -0.3 is 14.8 Å². The van der Waals surface area contributed by atoms with E-state index in [2.05, 4.69) is 63.7 Å². The third kappa shape index (κ3) is 6.44. The summed E-state index contributed by atoms with van der Waals surface area (Å²) in [5.74, 6) is 2.62. The summed E-state index contributed by atoms with van der Waals surface area (Å²) in [6.45, 7) is 11.8. The molecule has 7 heteroatoms. The summed E-state index contributed by atoms with van der Waals surface area (Å²) in [6, 6.07) is 0.640. The van der Waals surface area contributed by atoms with Crippen LogP contribution in [-0.2, 0) is 13.1 Å². The Balaban J connectivity index is 0.00000312. The Morgan fingerprint density at radius 2 is 2.24 bits per heavy atom. The predicted molar refractivity (Wildman–Crippen MR) is 116 cm³/mol. The second-order valence-corrected chi connectivity index (χ2v) is 7.10. The molecule has 1 N–H and O–H groups in total. The Bertz CT molecular complexity index is 527. The van der Waals surface area contributed by atoms with E-state index < -0.39 is 0 Å². The molecule has 0 bridgehead atoms. The summed E-state index contributed by atoms with van der Waals surface area (Å²) in [5, 5.41) is 3.47. The lowest BCUT2D eigenvalue weighted by Crippen LogP contribution is -2.45. The monoisotopic (exact) mass is 462 g/mol. The van der Waals surface area contributed by atoms with Crippen LogP contribution in [0.3, 0.4) is 0 Å². The summed E-state index contributed by atoms with van der Waals surface area (Å²) >= 11 is 0. The lowest BCUT2D eigenvalue weighted by atomic mass is 10.2. The fraction of sp³-hybridized carbons (Fsp3) is 0.778. The molecule has 0 spiro atoms. The lowest BCUT2D eigenvalue weighted by Gasteiger charge is -2.29. The SMILES string of the molecule is CCN1CCCC1CN(C)C(=NC)NCc1nccn1CC(C)C.I. The molecule has 2 rings (SSSR count). The molecule has 1 unspecified atom stereocenters. The number of guanidine groups is 1. The molecule has 1 aliphatic heterocycles. The number of rotatable bonds is 7. The van der Waals surface area contributed by atoms with Crippen LogP contribution in [0.25, 0.3) is 0 Å². The van der Waals surface area contributed by atoms with E-state index in [0.717, 1.165) is 31.4 Å². The largest absolute Gasteiger partial charge is 0.349 e. The molecule has 0 radical (unpaired) electrons. The van der Waals surface area contributed by atoms with Crippen LogP contribution in [0.15, 0.2) is 17.4 Å². The van der Waals surface area contributed by atoms with Crippen molar-refractivity contribution in [3.8, 4) is 0 Å². The summed E-state index contributed by atoms with van der Waals surface area (Å²) in [5.41, 5.74) is 0. The van der Waals surface area contributed by atoms with Crippen molar-refractivity contribution in [2.24, 2.45) is 10.9 Å². The number of imidazole rings is 1. The van der Waals surface area contributed by atoms with Crippen LogP contribution in [-0.4, -0.2) is 65.1 Å². The van der Waals surface area contributed by atoms with Crippen molar-refractivity contribution in [2.45, 2.75) is 52.7 Å². The zero-order valence-electron chi connectivity index (χ0n) is 16.4. The molecule has 0 aliphatic carbocycles. The van der Waals surface area contributed by atoms with E-state index in [4.69, 9.17) is 0 Å². The van der Waals surface area contributed by atoms with Gasteiger partial charge in [0.05, 0.1) is 6.54 Å². The van der Waals surface area contributed by atoms with E-state index in [0.29, 0.717) is 18.5 Å². The van der Waals surface area contributed by atoms with Gasteiger partial charge in [0.15, 0.2) is 5.96 Å². The molecule has 1 atom stereocenters. The van der Waals surface area contributed by atoms with Crippen LogP contribution in [0.5, 0.6) is 0 Å². The average Bonchev–Trinajstić information content (AvgIpc) is 3.16. The lowest BCUT2D eigenvalue weighted by molar-refractivity contribution is 0.232. The van der Waals surface area contributed by atoms with Crippen LogP contribution in [0, 0.1) is 5.92 Å². The molecule has 1 saturated heterocycles. The van der Waals surface area contributed by atoms with Gasteiger partial charge in [0, 0.05) is 45.6 Å². The first-order chi connectivity index (χ1) is 11.5. The fourth-order valence-corrected chi connectivity index (χ4v) is 3.53. The van der Waals surface area contributed by atoms with Gasteiger partial charge in [-0.2, -0.15) is 0 Å². The number of nitrogens with zero attached hydrogens (tertiary/aromatic N) is 5. The Hall–Kier alpha value is -0.830. The highest BCUT2D eigenvalue weighted by molar-refractivity contribution is 14.0. The molecule has 0 saturated carbocycles. The van der Waals surface area contributed by atoms with Crippen molar-refractivity contribution >= 4 is 29.9 Å². The normalized spacial score (nSPS) is 18.5. The van der Waals surface area contributed by atoms with Crippen molar-refractivity contribution < 1.29 is 0 Å². The fourth-order valence-electron chi connectivity index (χ4n) is 3.53. The highest BCUT2D eigenvalue weighted by Crippen LogP contribution is 2.17. The summed E-state index contributed by atoms with van der Waals surface area (Å²) in [7, 11) is 3.98. The summed E-state index contributed by atoms with van der Waals surface area (Å²) in [6.07, 6.45) is 6.53. The maximum absolute atomic E-state index is 4.48. The zero-order valence-corrected chi connectivity index (χ0v) is 18.7. The first-order valence-corrected chi connectivity index (χ1v) is 9.21. The molecule has 1 fully saturated rings. The van der Waals surface area contributed by atoms with Crippen LogP contribution < -0.4 is 5.32 Å². The van der Waals surface area contributed by atoms with Gasteiger partial charge in [0.25, 0.3) is 0 Å². The van der Waals surface area contributed by atoms with Gasteiger partial charge in [-0.25, -0.2) is 4.98 Å². The third-order valence-corrected chi connectivity index (χ3v) is 4.73. The number of hydrogen-bond acceptors (Lipinski definition) is 3. The van der Waals surface area contributed by atoms with Gasteiger partial charge in [-0.3, -0.25) is 9.89 Å². The van der Waals surface area contributed by atoms with Gasteiger partial charge in [-0.15, -0.1) is 24.0 Å². The van der Waals surface area contributed by atoms with Crippen molar-refractivity contribution in [1.82, 2.24) is 24.7 Å². The van der Waals surface area contributed by atoms with Gasteiger partial charge in [-0.1, -0.05) is 20.8 Å².